The average molecular weight is 633 g/mol. The Morgan fingerprint density at radius 2 is 1.43 bits per heavy atom. The van der Waals surface area contributed by atoms with Crippen LogP contribution in [0.25, 0.3) is 0 Å². The lowest BCUT2D eigenvalue weighted by molar-refractivity contribution is -0.359. The Labute approximate surface area is 274 Å². The van der Waals surface area contributed by atoms with Crippen molar-refractivity contribution in [1.29, 1.82) is 0 Å². The van der Waals surface area contributed by atoms with Gasteiger partial charge in [0.2, 0.25) is 0 Å². The van der Waals surface area contributed by atoms with E-state index in [-0.39, 0.29) is 54.9 Å². The maximum Gasteiger partial charge on any atom is 0.310 e. The normalized spacial score (nSPS) is 36.4. The minimum Gasteiger partial charge on any atom is -0.465 e. The molecular weight excluding hydrogens is 580 g/mol. The number of hydrogen-bond acceptors (Lipinski definition) is 7. The van der Waals surface area contributed by atoms with Crippen molar-refractivity contribution in [1.82, 2.24) is 0 Å². The lowest BCUT2D eigenvalue weighted by Gasteiger charge is -2.67. The number of ether oxygens (including phenoxy) is 5. The molecule has 0 radical (unpaired) electrons. The van der Waals surface area contributed by atoms with Crippen LogP contribution in [0.1, 0.15) is 90.7 Å². The molecule has 2 aromatic carbocycles. The smallest absolute Gasteiger partial charge is 0.310 e. The maximum absolute atomic E-state index is 13.1. The minimum atomic E-state index is -0.738. The van der Waals surface area contributed by atoms with E-state index in [0.717, 1.165) is 49.7 Å². The highest BCUT2D eigenvalue weighted by atomic mass is 16.7. The number of carbonyl (C=O) groups is 2. The number of fused-ring (bicyclic) bond motifs is 4. The van der Waals surface area contributed by atoms with Crippen LogP contribution in [0, 0.1) is 22.7 Å². The number of benzene rings is 2. The third kappa shape index (κ3) is 6.27. The maximum atomic E-state index is 13.1. The van der Waals surface area contributed by atoms with Crippen LogP contribution >= 0.6 is 0 Å². The fourth-order valence-corrected chi connectivity index (χ4v) is 9.54. The molecule has 7 heteroatoms. The van der Waals surface area contributed by atoms with Crippen LogP contribution in [0.3, 0.4) is 0 Å². The van der Waals surface area contributed by atoms with Gasteiger partial charge in [0.25, 0.3) is 0 Å². The van der Waals surface area contributed by atoms with Crippen molar-refractivity contribution in [3.8, 4) is 0 Å². The Balaban J connectivity index is 1.22. The molecule has 250 valence electrons. The van der Waals surface area contributed by atoms with Gasteiger partial charge in [-0.25, -0.2) is 0 Å². The molecular formula is C39H52O7. The molecule has 7 unspecified atom stereocenters. The SMILES string of the molecule is CC1CCC2C3(C)COC(C)(C)OC3CCC2(C)C12CCC(CCOC(=O)Cc1ccccc1)(COC(=O)Cc1ccccc1)O2. The molecule has 6 rings (SSSR count). The summed E-state index contributed by atoms with van der Waals surface area (Å²) in [6.45, 7) is 12.2. The van der Waals surface area contributed by atoms with Gasteiger partial charge in [-0.3, -0.25) is 9.59 Å². The average Bonchev–Trinajstić information content (AvgIpc) is 3.42. The van der Waals surface area contributed by atoms with Gasteiger partial charge in [0, 0.05) is 17.3 Å². The first-order chi connectivity index (χ1) is 21.9. The summed E-state index contributed by atoms with van der Waals surface area (Å²) in [6.07, 6.45) is 6.82. The first-order valence-corrected chi connectivity index (χ1v) is 17.3. The Bertz CT molecular complexity index is 1380. The Morgan fingerprint density at radius 1 is 0.804 bits per heavy atom. The van der Waals surface area contributed by atoms with Crippen LogP contribution in [-0.4, -0.2) is 54.9 Å². The van der Waals surface area contributed by atoms with E-state index in [9.17, 15) is 9.59 Å². The lowest BCUT2D eigenvalue weighted by atomic mass is 9.43. The van der Waals surface area contributed by atoms with Gasteiger partial charge in [0.05, 0.1) is 37.8 Å². The molecule has 2 saturated carbocycles. The van der Waals surface area contributed by atoms with Crippen molar-refractivity contribution in [3.63, 3.8) is 0 Å². The molecule has 46 heavy (non-hydrogen) atoms. The predicted octanol–water partition coefficient (Wildman–Crippen LogP) is 7.24. The number of rotatable bonds is 9. The van der Waals surface area contributed by atoms with Gasteiger partial charge in [-0.15, -0.1) is 0 Å². The molecule has 2 saturated heterocycles. The van der Waals surface area contributed by atoms with Crippen LogP contribution in [-0.2, 0) is 46.1 Å². The largest absolute Gasteiger partial charge is 0.465 e. The van der Waals surface area contributed by atoms with Crippen molar-refractivity contribution >= 4 is 11.9 Å². The first-order valence-electron chi connectivity index (χ1n) is 17.3. The van der Waals surface area contributed by atoms with Gasteiger partial charge in [-0.1, -0.05) is 81.4 Å². The molecule has 0 aromatic heterocycles. The van der Waals surface area contributed by atoms with E-state index in [1.807, 2.05) is 74.5 Å². The summed E-state index contributed by atoms with van der Waals surface area (Å²) >= 11 is 0. The third-order valence-electron chi connectivity index (χ3n) is 12.1. The van der Waals surface area contributed by atoms with Crippen molar-refractivity contribution in [3.05, 3.63) is 71.8 Å². The second kappa shape index (κ2) is 12.7. The number of hydrogen-bond donors (Lipinski definition) is 0. The molecule has 7 atom stereocenters. The number of carbonyl (C=O) groups excluding carboxylic acids is 2. The van der Waals surface area contributed by atoms with Crippen LogP contribution < -0.4 is 0 Å². The lowest BCUT2D eigenvalue weighted by Crippen LogP contribution is -2.69. The topological polar surface area (TPSA) is 80.3 Å². The zero-order valence-corrected chi connectivity index (χ0v) is 28.3. The van der Waals surface area contributed by atoms with E-state index in [1.54, 1.807) is 0 Å². The first kappa shape index (κ1) is 33.2. The molecule has 0 amide bonds. The second-order valence-corrected chi connectivity index (χ2v) is 15.4. The fourth-order valence-electron chi connectivity index (χ4n) is 9.54. The van der Waals surface area contributed by atoms with Gasteiger partial charge in [0.15, 0.2) is 5.79 Å². The molecule has 2 heterocycles. The molecule has 7 nitrogen and oxygen atoms in total. The van der Waals surface area contributed by atoms with Crippen LogP contribution in [0.2, 0.25) is 0 Å². The van der Waals surface area contributed by atoms with Gasteiger partial charge in [-0.2, -0.15) is 0 Å². The molecule has 2 aliphatic carbocycles. The third-order valence-corrected chi connectivity index (χ3v) is 12.1. The van der Waals surface area contributed by atoms with Gasteiger partial charge >= 0.3 is 11.9 Å². The van der Waals surface area contributed by atoms with E-state index < -0.39 is 17.0 Å². The zero-order valence-electron chi connectivity index (χ0n) is 28.3. The highest BCUT2D eigenvalue weighted by Gasteiger charge is 2.70. The molecule has 1 spiro atoms. The Morgan fingerprint density at radius 3 is 2.09 bits per heavy atom. The van der Waals surface area contributed by atoms with Crippen molar-refractivity contribution < 1.29 is 33.3 Å². The summed E-state index contributed by atoms with van der Waals surface area (Å²) in [4.78, 5) is 25.9. The van der Waals surface area contributed by atoms with E-state index in [1.165, 1.54) is 0 Å². The standard InChI is InChI=1S/C39H52O7/c1-28-16-17-31-36(4)26-44-35(2,3)45-32(36)18-19-37(31,5)39(28)21-20-38(46-39,27-43-34(41)25-30-14-10-7-11-15-30)22-23-42-33(40)24-29-12-8-6-9-13-29/h6-15,28,31-32H,16-27H2,1-5H3. The Kier molecular flexibility index (Phi) is 9.16. The highest BCUT2D eigenvalue weighted by Crippen LogP contribution is 2.69. The van der Waals surface area contributed by atoms with Crippen LogP contribution in [0.4, 0.5) is 0 Å². The molecule has 4 aliphatic rings. The summed E-state index contributed by atoms with van der Waals surface area (Å²) in [5, 5.41) is 0. The second-order valence-electron chi connectivity index (χ2n) is 15.4. The van der Waals surface area contributed by atoms with Crippen LogP contribution in [0.5, 0.6) is 0 Å². The van der Waals surface area contributed by atoms with Crippen molar-refractivity contribution in [2.75, 3.05) is 19.8 Å². The highest BCUT2D eigenvalue weighted by molar-refractivity contribution is 5.73. The summed E-state index contributed by atoms with van der Waals surface area (Å²) in [5.74, 6) is -0.411. The van der Waals surface area contributed by atoms with Crippen LogP contribution in [0.15, 0.2) is 60.7 Å². The molecule has 4 fully saturated rings. The molecule has 2 aromatic rings. The summed E-state index contributed by atoms with van der Waals surface area (Å²) in [6, 6.07) is 19.3. The van der Waals surface area contributed by atoms with E-state index in [0.29, 0.717) is 24.9 Å². The van der Waals surface area contributed by atoms with Crippen molar-refractivity contribution in [2.24, 2.45) is 22.7 Å². The van der Waals surface area contributed by atoms with Gasteiger partial charge in [-0.05, 0) is 75.3 Å². The zero-order chi connectivity index (χ0) is 32.6. The molecule has 0 N–H and O–H groups in total. The summed E-state index contributed by atoms with van der Waals surface area (Å²) in [7, 11) is 0. The monoisotopic (exact) mass is 632 g/mol. The molecule has 0 bridgehead atoms. The predicted molar refractivity (Wildman–Crippen MR) is 175 cm³/mol. The number of esters is 2. The minimum absolute atomic E-state index is 0.107. The summed E-state index contributed by atoms with van der Waals surface area (Å²) < 4.78 is 32.1. The molecule has 2 aliphatic heterocycles. The van der Waals surface area contributed by atoms with Crippen molar-refractivity contribution in [2.45, 2.75) is 115 Å². The fraction of sp³-hybridized carbons (Fsp3) is 0.641. The van der Waals surface area contributed by atoms with Gasteiger partial charge < -0.3 is 23.7 Å². The van der Waals surface area contributed by atoms with E-state index >= 15 is 0 Å². The van der Waals surface area contributed by atoms with Gasteiger partial charge in [0.1, 0.15) is 12.2 Å². The van der Waals surface area contributed by atoms with E-state index in [2.05, 4.69) is 20.8 Å². The quantitative estimate of drug-likeness (QED) is 0.270. The van der Waals surface area contributed by atoms with E-state index in [4.69, 9.17) is 23.7 Å². The Hall–Kier alpha value is -2.74. The summed E-state index contributed by atoms with van der Waals surface area (Å²) in [5.41, 5.74) is 0.491.